The second kappa shape index (κ2) is 6.94. The summed E-state index contributed by atoms with van der Waals surface area (Å²) in [5, 5.41) is 4.25. The fourth-order valence-electron chi connectivity index (χ4n) is 7.75. The van der Waals surface area contributed by atoms with E-state index in [1.807, 2.05) is 0 Å². The Kier molecular flexibility index (Phi) is 4.74. The third kappa shape index (κ3) is 3.04. The van der Waals surface area contributed by atoms with Crippen molar-refractivity contribution in [2.45, 2.75) is 88.6 Å². The highest BCUT2D eigenvalue weighted by atomic mass is 35.5. The number of hydrogen-bond acceptors (Lipinski definition) is 5. The standard InChI is InChI=1S/C22H32N4O2.ClH/c23-22(5-1-2-6-22)19-24-18(28-25-19)17-4-3-7-26(17)20(27)21-11-14-8-15(12-21)10-16(9-14)13-21;/h14-17H,1-13,23H2;1H. The zero-order valence-electron chi connectivity index (χ0n) is 17.1. The molecular weight excluding hydrogens is 388 g/mol. The zero-order chi connectivity index (χ0) is 18.9. The molecule has 2 N–H and O–H groups in total. The van der Waals surface area contributed by atoms with Crippen LogP contribution in [0.4, 0.5) is 0 Å². The van der Waals surface area contributed by atoms with E-state index in [1.54, 1.807) is 0 Å². The van der Waals surface area contributed by atoms with Gasteiger partial charge in [0, 0.05) is 6.54 Å². The van der Waals surface area contributed by atoms with Crippen LogP contribution in [0.1, 0.15) is 94.8 Å². The molecule has 6 aliphatic rings. The molecule has 0 radical (unpaired) electrons. The summed E-state index contributed by atoms with van der Waals surface area (Å²) in [6.45, 7) is 0.830. The molecule has 0 spiro atoms. The van der Waals surface area contributed by atoms with Gasteiger partial charge in [-0.25, -0.2) is 0 Å². The summed E-state index contributed by atoms with van der Waals surface area (Å²) < 4.78 is 5.69. The molecule has 160 valence electrons. The lowest BCUT2D eigenvalue weighted by Crippen LogP contribution is -2.54. The molecule has 7 heteroatoms. The number of amides is 1. The Morgan fingerprint density at radius 2 is 1.66 bits per heavy atom. The van der Waals surface area contributed by atoms with Crippen molar-refractivity contribution in [1.82, 2.24) is 15.0 Å². The first-order valence-corrected chi connectivity index (χ1v) is 11.5. The number of likely N-dealkylation sites (tertiary alicyclic amines) is 1. The maximum atomic E-state index is 13.8. The summed E-state index contributed by atoms with van der Waals surface area (Å²) in [4.78, 5) is 20.6. The van der Waals surface area contributed by atoms with Crippen LogP contribution in [0.25, 0.3) is 0 Å². The van der Waals surface area contributed by atoms with Gasteiger partial charge in [-0.1, -0.05) is 18.0 Å². The van der Waals surface area contributed by atoms with Crippen LogP contribution in [0.2, 0.25) is 0 Å². The van der Waals surface area contributed by atoms with Crippen LogP contribution in [0.15, 0.2) is 4.52 Å². The Labute approximate surface area is 178 Å². The van der Waals surface area contributed by atoms with Crippen molar-refractivity contribution >= 4 is 18.3 Å². The molecule has 0 aromatic carbocycles. The molecule has 1 aliphatic heterocycles. The van der Waals surface area contributed by atoms with Crippen LogP contribution in [-0.2, 0) is 10.3 Å². The highest BCUT2D eigenvalue weighted by Crippen LogP contribution is 2.61. The van der Waals surface area contributed by atoms with Crippen molar-refractivity contribution in [2.24, 2.45) is 28.9 Å². The third-order valence-corrected chi connectivity index (χ3v) is 8.67. The van der Waals surface area contributed by atoms with Gasteiger partial charge in [0.15, 0.2) is 5.82 Å². The second-order valence-corrected chi connectivity index (χ2v) is 10.7. The van der Waals surface area contributed by atoms with Gasteiger partial charge in [0.1, 0.15) is 6.04 Å². The lowest BCUT2D eigenvalue weighted by Gasteiger charge is -2.56. The number of nitrogens with two attached hydrogens (primary N) is 1. The Morgan fingerprint density at radius 3 is 2.28 bits per heavy atom. The summed E-state index contributed by atoms with van der Waals surface area (Å²) in [5.41, 5.74) is 5.99. The summed E-state index contributed by atoms with van der Waals surface area (Å²) in [7, 11) is 0. The quantitative estimate of drug-likeness (QED) is 0.795. The van der Waals surface area contributed by atoms with Crippen molar-refractivity contribution in [1.29, 1.82) is 0 Å². The number of nitrogens with zero attached hydrogens (tertiary/aromatic N) is 3. The van der Waals surface area contributed by atoms with Gasteiger partial charge in [0.2, 0.25) is 11.8 Å². The minimum Gasteiger partial charge on any atom is -0.337 e. The average Bonchev–Trinajstić information content (AvgIpc) is 3.40. The summed E-state index contributed by atoms with van der Waals surface area (Å²) in [6, 6.07) is -0.0493. The van der Waals surface area contributed by atoms with Crippen molar-refractivity contribution in [3.8, 4) is 0 Å². The van der Waals surface area contributed by atoms with E-state index in [-0.39, 0.29) is 23.9 Å². The molecule has 1 unspecified atom stereocenters. The van der Waals surface area contributed by atoms with Gasteiger partial charge in [-0.2, -0.15) is 4.98 Å². The van der Waals surface area contributed by atoms with E-state index in [1.165, 1.54) is 19.3 Å². The summed E-state index contributed by atoms with van der Waals surface area (Å²) >= 11 is 0. The molecule has 1 amide bonds. The van der Waals surface area contributed by atoms with E-state index in [2.05, 4.69) is 10.1 Å². The molecular formula is C22H33ClN4O2. The normalized spacial score (nSPS) is 39.7. The third-order valence-electron chi connectivity index (χ3n) is 8.67. The lowest BCUT2D eigenvalue weighted by atomic mass is 9.49. The number of carbonyl (C=O) groups excluding carboxylic acids is 1. The Balaban J connectivity index is 0.00000181. The molecule has 1 aromatic rings. The second-order valence-electron chi connectivity index (χ2n) is 10.7. The average molecular weight is 421 g/mol. The van der Waals surface area contributed by atoms with Crippen LogP contribution in [0.3, 0.4) is 0 Å². The predicted molar refractivity (Wildman–Crippen MR) is 110 cm³/mol. The smallest absolute Gasteiger partial charge is 0.249 e. The maximum absolute atomic E-state index is 13.8. The molecule has 1 aromatic heterocycles. The minimum absolute atomic E-state index is 0. The molecule has 2 heterocycles. The maximum Gasteiger partial charge on any atom is 0.249 e. The fraction of sp³-hybridized carbons (Fsp3) is 0.864. The van der Waals surface area contributed by atoms with Crippen LogP contribution < -0.4 is 5.73 Å². The van der Waals surface area contributed by atoms with Crippen molar-refractivity contribution in [3.05, 3.63) is 11.7 Å². The number of rotatable bonds is 3. The molecule has 29 heavy (non-hydrogen) atoms. The number of aromatic nitrogens is 2. The first kappa shape index (κ1) is 19.8. The molecule has 1 saturated heterocycles. The van der Waals surface area contributed by atoms with Crippen molar-refractivity contribution in [2.75, 3.05) is 6.54 Å². The van der Waals surface area contributed by atoms with Gasteiger partial charge >= 0.3 is 0 Å². The van der Waals surface area contributed by atoms with Crippen LogP contribution in [0, 0.1) is 23.2 Å². The largest absolute Gasteiger partial charge is 0.337 e. The van der Waals surface area contributed by atoms with Gasteiger partial charge in [0.25, 0.3) is 0 Å². The Hall–Kier alpha value is -1.14. The molecule has 5 saturated carbocycles. The van der Waals surface area contributed by atoms with Gasteiger partial charge in [-0.15, -0.1) is 12.4 Å². The highest BCUT2D eigenvalue weighted by Gasteiger charge is 2.56. The Morgan fingerprint density at radius 1 is 1.03 bits per heavy atom. The van der Waals surface area contributed by atoms with E-state index in [4.69, 9.17) is 15.2 Å². The van der Waals surface area contributed by atoms with Crippen LogP contribution in [0.5, 0.6) is 0 Å². The number of halogens is 1. The van der Waals surface area contributed by atoms with E-state index in [0.29, 0.717) is 17.6 Å². The van der Waals surface area contributed by atoms with Crippen LogP contribution in [-0.4, -0.2) is 27.5 Å². The number of hydrogen-bond donors (Lipinski definition) is 1. The number of carbonyl (C=O) groups is 1. The monoisotopic (exact) mass is 420 g/mol. The van der Waals surface area contributed by atoms with Gasteiger partial charge in [-0.05, 0) is 82.0 Å². The Bertz CT molecular complexity index is 752. The minimum atomic E-state index is -0.435. The molecule has 4 bridgehead atoms. The van der Waals surface area contributed by atoms with Gasteiger partial charge < -0.3 is 15.2 Å². The first-order valence-electron chi connectivity index (χ1n) is 11.5. The molecule has 7 rings (SSSR count). The van der Waals surface area contributed by atoms with Crippen LogP contribution >= 0.6 is 12.4 Å². The van der Waals surface area contributed by atoms with E-state index < -0.39 is 5.54 Å². The van der Waals surface area contributed by atoms with Gasteiger partial charge in [0.05, 0.1) is 11.0 Å². The SMILES string of the molecule is Cl.NC1(c2noc(C3CCCN3C(=O)C34CC5CC(CC(C5)C3)C4)n2)CCCC1. The van der Waals surface area contributed by atoms with Gasteiger partial charge in [-0.3, -0.25) is 4.79 Å². The van der Waals surface area contributed by atoms with E-state index in [9.17, 15) is 4.79 Å². The predicted octanol–water partition coefficient (Wildman–Crippen LogP) is 4.10. The lowest BCUT2D eigenvalue weighted by molar-refractivity contribution is -0.159. The van der Waals surface area contributed by atoms with Crippen molar-refractivity contribution < 1.29 is 9.32 Å². The van der Waals surface area contributed by atoms with E-state index >= 15 is 0 Å². The highest BCUT2D eigenvalue weighted by molar-refractivity contribution is 5.85. The topological polar surface area (TPSA) is 85.2 Å². The molecule has 6 fully saturated rings. The molecule has 5 aliphatic carbocycles. The first-order chi connectivity index (χ1) is 13.5. The molecule has 6 nitrogen and oxygen atoms in total. The summed E-state index contributed by atoms with van der Waals surface area (Å²) in [5.74, 6) is 4.00. The van der Waals surface area contributed by atoms with Crippen molar-refractivity contribution in [3.63, 3.8) is 0 Å². The molecule has 1 atom stereocenters. The summed E-state index contributed by atoms with van der Waals surface area (Å²) in [6.07, 6.45) is 13.5. The van der Waals surface area contributed by atoms with E-state index in [0.717, 1.165) is 82.1 Å². The zero-order valence-corrected chi connectivity index (χ0v) is 18.0. The fourth-order valence-corrected chi connectivity index (χ4v) is 7.75.